The minimum atomic E-state index is 0.755. The molecule has 0 aromatic carbocycles. The third-order valence-corrected chi connectivity index (χ3v) is 7.11. The number of guanidine groups is 1. The average molecular weight is 349 g/mol. The van der Waals surface area contributed by atoms with Crippen LogP contribution >= 0.6 is 0 Å². The fourth-order valence-corrected chi connectivity index (χ4v) is 5.67. The van der Waals surface area contributed by atoms with Crippen LogP contribution in [0.3, 0.4) is 0 Å². The minimum absolute atomic E-state index is 0.755. The Balaban J connectivity index is 1.16. The number of hydrogen-bond acceptors (Lipinski definition) is 3. The summed E-state index contributed by atoms with van der Waals surface area (Å²) in [5.74, 6) is 4.96. The molecule has 4 rings (SSSR count). The van der Waals surface area contributed by atoms with E-state index in [1.807, 2.05) is 7.05 Å². The number of rotatable bonds is 5. The molecule has 2 aliphatic carbocycles. The summed E-state index contributed by atoms with van der Waals surface area (Å²) in [5.41, 5.74) is 0. The van der Waals surface area contributed by atoms with Gasteiger partial charge in [-0.15, -0.1) is 0 Å². The molecule has 4 atom stereocenters. The van der Waals surface area contributed by atoms with Gasteiger partial charge in [-0.05, 0) is 55.8 Å². The molecular formula is C20H36N4O. The van der Waals surface area contributed by atoms with E-state index in [1.165, 1.54) is 45.1 Å². The zero-order valence-electron chi connectivity index (χ0n) is 16.0. The molecule has 0 amide bonds. The van der Waals surface area contributed by atoms with Crippen LogP contribution < -0.4 is 5.32 Å². The van der Waals surface area contributed by atoms with E-state index in [0.717, 1.165) is 75.6 Å². The fourth-order valence-electron chi connectivity index (χ4n) is 5.67. The Morgan fingerprint density at radius 3 is 2.64 bits per heavy atom. The van der Waals surface area contributed by atoms with Crippen LogP contribution in [0.1, 0.15) is 38.5 Å². The monoisotopic (exact) mass is 348 g/mol. The lowest BCUT2D eigenvalue weighted by Crippen LogP contribution is -2.53. The van der Waals surface area contributed by atoms with Crippen LogP contribution in [0.25, 0.3) is 0 Å². The summed E-state index contributed by atoms with van der Waals surface area (Å²) in [6.45, 7) is 8.75. The number of nitrogens with zero attached hydrogens (tertiary/aromatic N) is 3. The van der Waals surface area contributed by atoms with E-state index in [0.29, 0.717) is 0 Å². The highest BCUT2D eigenvalue weighted by Gasteiger charge is 2.38. The first-order valence-electron chi connectivity index (χ1n) is 10.6. The van der Waals surface area contributed by atoms with Crippen LogP contribution in [-0.2, 0) is 4.74 Å². The van der Waals surface area contributed by atoms with Gasteiger partial charge in [-0.3, -0.25) is 9.89 Å². The highest BCUT2D eigenvalue weighted by molar-refractivity contribution is 5.79. The van der Waals surface area contributed by atoms with E-state index in [1.54, 1.807) is 0 Å². The molecule has 2 heterocycles. The standard InChI is InChI=1S/C20H36N4O/c1-21-20(22-6-4-19-13-16-2-3-18(19)12-16)24-9-7-23(8-10-24)14-17-5-11-25-15-17/h16-19H,2-15H2,1H3,(H,21,22). The number of fused-ring (bicyclic) bond motifs is 2. The Morgan fingerprint density at radius 1 is 1.12 bits per heavy atom. The largest absolute Gasteiger partial charge is 0.381 e. The van der Waals surface area contributed by atoms with Crippen molar-refractivity contribution in [2.24, 2.45) is 28.7 Å². The van der Waals surface area contributed by atoms with Gasteiger partial charge in [0.05, 0.1) is 6.61 Å². The second-order valence-corrected chi connectivity index (χ2v) is 8.71. The first kappa shape index (κ1) is 17.6. The molecule has 2 saturated carbocycles. The molecule has 1 N–H and O–H groups in total. The van der Waals surface area contributed by atoms with Gasteiger partial charge in [-0.1, -0.05) is 6.42 Å². The van der Waals surface area contributed by atoms with Gasteiger partial charge in [0.2, 0.25) is 0 Å². The zero-order chi connectivity index (χ0) is 17.1. The highest BCUT2D eigenvalue weighted by Crippen LogP contribution is 2.49. The Hall–Kier alpha value is -0.810. The van der Waals surface area contributed by atoms with Crippen LogP contribution in [0.5, 0.6) is 0 Å². The maximum absolute atomic E-state index is 5.51. The first-order chi connectivity index (χ1) is 12.3. The number of hydrogen-bond donors (Lipinski definition) is 1. The molecular weight excluding hydrogens is 312 g/mol. The van der Waals surface area contributed by atoms with E-state index >= 15 is 0 Å². The summed E-state index contributed by atoms with van der Waals surface area (Å²) >= 11 is 0. The van der Waals surface area contributed by atoms with Crippen LogP contribution in [0.4, 0.5) is 0 Å². The molecule has 4 aliphatic rings. The lowest BCUT2D eigenvalue weighted by molar-refractivity contribution is 0.139. The predicted molar refractivity (Wildman–Crippen MR) is 102 cm³/mol. The minimum Gasteiger partial charge on any atom is -0.381 e. The summed E-state index contributed by atoms with van der Waals surface area (Å²) in [5, 5.41) is 3.65. The molecule has 5 heteroatoms. The fraction of sp³-hybridized carbons (Fsp3) is 0.950. The van der Waals surface area contributed by atoms with Crippen LogP contribution in [0.2, 0.25) is 0 Å². The van der Waals surface area contributed by atoms with Crippen molar-refractivity contribution < 1.29 is 4.74 Å². The van der Waals surface area contributed by atoms with E-state index in [9.17, 15) is 0 Å². The molecule has 0 radical (unpaired) electrons. The maximum atomic E-state index is 5.51. The van der Waals surface area contributed by atoms with Crippen molar-refractivity contribution in [2.75, 3.05) is 59.5 Å². The summed E-state index contributed by atoms with van der Waals surface area (Å²) in [6.07, 6.45) is 8.60. The number of piperazine rings is 1. The molecule has 5 nitrogen and oxygen atoms in total. The van der Waals surface area contributed by atoms with Gasteiger partial charge in [0, 0.05) is 52.9 Å². The van der Waals surface area contributed by atoms with Crippen LogP contribution in [0, 0.1) is 23.7 Å². The highest BCUT2D eigenvalue weighted by atomic mass is 16.5. The number of nitrogens with one attached hydrogen (secondary N) is 1. The topological polar surface area (TPSA) is 40.1 Å². The van der Waals surface area contributed by atoms with Gasteiger partial charge >= 0.3 is 0 Å². The van der Waals surface area contributed by atoms with Gasteiger partial charge in [-0.2, -0.15) is 0 Å². The molecule has 4 unspecified atom stereocenters. The summed E-state index contributed by atoms with van der Waals surface area (Å²) in [4.78, 5) is 9.60. The second kappa shape index (κ2) is 8.26. The SMILES string of the molecule is CN=C(NCCC1CC2CCC1C2)N1CCN(CC2CCOC2)CC1. The average Bonchev–Trinajstić information content (AvgIpc) is 3.38. The van der Waals surface area contributed by atoms with Gasteiger partial charge in [0.15, 0.2) is 5.96 Å². The summed E-state index contributed by atoms with van der Waals surface area (Å²) in [6, 6.07) is 0. The Bertz CT molecular complexity index is 455. The van der Waals surface area contributed by atoms with Gasteiger partial charge in [0.1, 0.15) is 0 Å². The lowest BCUT2D eigenvalue weighted by atomic mass is 9.86. The first-order valence-corrected chi connectivity index (χ1v) is 10.6. The van der Waals surface area contributed by atoms with Crippen molar-refractivity contribution in [3.05, 3.63) is 0 Å². The van der Waals surface area contributed by atoms with E-state index in [2.05, 4.69) is 20.1 Å². The Labute approximate surface area is 153 Å². The maximum Gasteiger partial charge on any atom is 0.193 e. The summed E-state index contributed by atoms with van der Waals surface area (Å²) < 4.78 is 5.51. The molecule has 2 saturated heterocycles. The molecule has 4 fully saturated rings. The number of aliphatic imine (C=N–C) groups is 1. The molecule has 142 valence electrons. The van der Waals surface area contributed by atoms with Crippen molar-refractivity contribution >= 4 is 5.96 Å². The van der Waals surface area contributed by atoms with E-state index in [-0.39, 0.29) is 0 Å². The smallest absolute Gasteiger partial charge is 0.193 e. The molecule has 0 aromatic rings. The zero-order valence-corrected chi connectivity index (χ0v) is 16.0. The third-order valence-electron chi connectivity index (χ3n) is 7.11. The van der Waals surface area contributed by atoms with Crippen LogP contribution in [-0.4, -0.2) is 75.3 Å². The van der Waals surface area contributed by atoms with Crippen molar-refractivity contribution in [2.45, 2.75) is 38.5 Å². The molecule has 0 spiro atoms. The lowest BCUT2D eigenvalue weighted by Gasteiger charge is -2.37. The van der Waals surface area contributed by atoms with E-state index < -0.39 is 0 Å². The van der Waals surface area contributed by atoms with Crippen molar-refractivity contribution in [3.63, 3.8) is 0 Å². The van der Waals surface area contributed by atoms with Crippen molar-refractivity contribution in [3.8, 4) is 0 Å². The second-order valence-electron chi connectivity index (χ2n) is 8.71. The summed E-state index contributed by atoms with van der Waals surface area (Å²) in [7, 11) is 1.93. The molecule has 2 aliphatic heterocycles. The van der Waals surface area contributed by atoms with Crippen molar-refractivity contribution in [1.82, 2.24) is 15.1 Å². The normalized spacial score (nSPS) is 36.4. The predicted octanol–water partition coefficient (Wildman–Crippen LogP) is 2.04. The third kappa shape index (κ3) is 4.30. The quantitative estimate of drug-likeness (QED) is 0.610. The molecule has 25 heavy (non-hydrogen) atoms. The Kier molecular flexibility index (Phi) is 5.81. The molecule has 2 bridgehead atoms. The van der Waals surface area contributed by atoms with Gasteiger partial charge in [0.25, 0.3) is 0 Å². The van der Waals surface area contributed by atoms with Crippen LogP contribution in [0.15, 0.2) is 4.99 Å². The Morgan fingerprint density at radius 2 is 2.00 bits per heavy atom. The van der Waals surface area contributed by atoms with Crippen molar-refractivity contribution in [1.29, 1.82) is 0 Å². The van der Waals surface area contributed by atoms with E-state index in [4.69, 9.17) is 4.74 Å². The molecule has 0 aromatic heterocycles. The number of ether oxygens (including phenoxy) is 1. The van der Waals surface area contributed by atoms with Gasteiger partial charge in [-0.25, -0.2) is 0 Å². The van der Waals surface area contributed by atoms with Gasteiger partial charge < -0.3 is 15.0 Å².